The Kier molecular flexibility index (Phi) is 4.62. The van der Waals surface area contributed by atoms with Gasteiger partial charge < -0.3 is 21.1 Å². The lowest BCUT2D eigenvalue weighted by atomic mass is 10.1. The fourth-order valence-corrected chi connectivity index (χ4v) is 1.40. The second-order valence-corrected chi connectivity index (χ2v) is 3.70. The zero-order valence-corrected chi connectivity index (χ0v) is 9.50. The Hall–Kier alpha value is -1.44. The number of nitrogens with two attached hydrogens (primary N) is 1. The molecule has 94 valence electrons. The third-order valence-electron chi connectivity index (χ3n) is 2.09. The lowest BCUT2D eigenvalue weighted by Crippen LogP contribution is -2.21. The molecule has 0 aliphatic heterocycles. The Balaban J connectivity index is 2.99. The number of hydrogen-bond donors (Lipinski definition) is 4. The number of carboxylic acids is 1. The van der Waals surface area contributed by atoms with Gasteiger partial charge in [0, 0.05) is 5.88 Å². The summed E-state index contributed by atoms with van der Waals surface area (Å²) in [5.74, 6) is -1.44. The maximum absolute atomic E-state index is 10.7. The molecule has 0 amide bonds. The Morgan fingerprint density at radius 1 is 1.53 bits per heavy atom. The topological polar surface area (TPSA) is 130 Å². The van der Waals surface area contributed by atoms with Crippen LogP contribution in [0.5, 0.6) is 0 Å². The van der Waals surface area contributed by atoms with Gasteiger partial charge in [0.25, 0.3) is 0 Å². The summed E-state index contributed by atoms with van der Waals surface area (Å²) in [6.07, 6.45) is -1.21. The van der Waals surface area contributed by atoms with Crippen LogP contribution in [0.4, 0.5) is 5.82 Å². The lowest BCUT2D eigenvalue weighted by molar-refractivity contribution is 0.0140. The number of alkyl halides is 1. The van der Waals surface area contributed by atoms with E-state index in [1.807, 2.05) is 0 Å². The van der Waals surface area contributed by atoms with Crippen LogP contribution in [0.3, 0.4) is 0 Å². The van der Waals surface area contributed by atoms with Gasteiger partial charge >= 0.3 is 5.97 Å². The van der Waals surface area contributed by atoms with Crippen molar-refractivity contribution in [2.45, 2.75) is 18.6 Å². The molecule has 1 aromatic heterocycles. The van der Waals surface area contributed by atoms with Gasteiger partial charge in [-0.1, -0.05) is 0 Å². The van der Waals surface area contributed by atoms with Crippen molar-refractivity contribution in [1.29, 1.82) is 0 Å². The molecule has 0 fully saturated rings. The monoisotopic (exact) mass is 261 g/mol. The standard InChI is InChI=1S/C9H12ClN3O4/c10-2-1-5(14)7(15)4-3-12-8(11)6(13-4)9(16)17/h3,5,7,14-15H,1-2H2,(H2,11,12)(H,16,17). The van der Waals surface area contributed by atoms with Crippen LogP contribution in [0.25, 0.3) is 0 Å². The van der Waals surface area contributed by atoms with E-state index in [1.54, 1.807) is 0 Å². The first kappa shape index (κ1) is 13.6. The van der Waals surface area contributed by atoms with Crippen LogP contribution in [-0.4, -0.2) is 43.2 Å². The molecule has 0 aromatic carbocycles. The van der Waals surface area contributed by atoms with Crippen LogP contribution in [0.1, 0.15) is 28.7 Å². The van der Waals surface area contributed by atoms with Crippen molar-refractivity contribution >= 4 is 23.4 Å². The zero-order chi connectivity index (χ0) is 13.0. The molecule has 1 rings (SSSR count). The second kappa shape index (κ2) is 5.76. The van der Waals surface area contributed by atoms with Crippen LogP contribution in [0.15, 0.2) is 6.20 Å². The van der Waals surface area contributed by atoms with E-state index in [9.17, 15) is 15.0 Å². The Morgan fingerprint density at radius 2 is 2.18 bits per heavy atom. The van der Waals surface area contributed by atoms with E-state index in [-0.39, 0.29) is 23.8 Å². The van der Waals surface area contributed by atoms with Crippen molar-refractivity contribution in [2.75, 3.05) is 11.6 Å². The molecular weight excluding hydrogens is 250 g/mol. The number of aliphatic hydroxyl groups excluding tert-OH is 2. The molecule has 1 heterocycles. The van der Waals surface area contributed by atoms with Gasteiger partial charge in [-0.3, -0.25) is 0 Å². The first-order valence-corrected chi connectivity index (χ1v) is 5.28. The van der Waals surface area contributed by atoms with Crippen molar-refractivity contribution in [3.8, 4) is 0 Å². The quantitative estimate of drug-likeness (QED) is 0.539. The van der Waals surface area contributed by atoms with E-state index in [0.717, 1.165) is 6.20 Å². The molecule has 0 radical (unpaired) electrons. The number of hydrogen-bond acceptors (Lipinski definition) is 6. The number of nitrogen functional groups attached to an aromatic ring is 1. The van der Waals surface area contributed by atoms with Gasteiger partial charge in [0.15, 0.2) is 11.5 Å². The molecule has 0 aliphatic rings. The molecule has 0 saturated heterocycles. The SMILES string of the molecule is Nc1ncc(C(O)C(O)CCCl)nc1C(=O)O. The van der Waals surface area contributed by atoms with E-state index < -0.39 is 23.9 Å². The smallest absolute Gasteiger partial charge is 0.358 e. The number of carboxylic acid groups (broad SMARTS) is 1. The third-order valence-corrected chi connectivity index (χ3v) is 2.31. The minimum absolute atomic E-state index is 0.0609. The number of aliphatic hydroxyl groups is 2. The maximum atomic E-state index is 10.7. The fraction of sp³-hybridized carbons (Fsp3) is 0.444. The number of carbonyl (C=O) groups is 1. The molecular formula is C9H12ClN3O4. The van der Waals surface area contributed by atoms with Crippen LogP contribution in [-0.2, 0) is 0 Å². The summed E-state index contributed by atoms with van der Waals surface area (Å²) < 4.78 is 0. The molecule has 5 N–H and O–H groups in total. The number of aromatic nitrogens is 2. The van der Waals surface area contributed by atoms with Crippen LogP contribution in [0.2, 0.25) is 0 Å². The predicted molar refractivity (Wildman–Crippen MR) is 59.7 cm³/mol. The molecule has 0 saturated carbocycles. The lowest BCUT2D eigenvalue weighted by Gasteiger charge is -2.16. The zero-order valence-electron chi connectivity index (χ0n) is 8.75. The van der Waals surface area contributed by atoms with Crippen LogP contribution >= 0.6 is 11.6 Å². The molecule has 7 nitrogen and oxygen atoms in total. The fourth-order valence-electron chi connectivity index (χ4n) is 1.18. The molecule has 0 spiro atoms. The van der Waals surface area contributed by atoms with Crippen molar-refractivity contribution < 1.29 is 20.1 Å². The van der Waals surface area contributed by atoms with Gasteiger partial charge in [0.1, 0.15) is 6.10 Å². The average Bonchev–Trinajstić information content (AvgIpc) is 2.28. The summed E-state index contributed by atoms with van der Waals surface area (Å²) >= 11 is 5.41. The van der Waals surface area contributed by atoms with Crippen molar-refractivity contribution in [2.24, 2.45) is 0 Å². The third kappa shape index (κ3) is 3.26. The molecule has 0 bridgehead atoms. The highest BCUT2D eigenvalue weighted by Gasteiger charge is 2.22. The number of anilines is 1. The molecule has 0 aliphatic carbocycles. The highest BCUT2D eigenvalue weighted by molar-refractivity contribution is 6.17. The number of halogens is 1. The van der Waals surface area contributed by atoms with Gasteiger partial charge in [-0.2, -0.15) is 0 Å². The summed E-state index contributed by atoms with van der Waals surface area (Å²) in [7, 11) is 0. The molecule has 2 unspecified atom stereocenters. The summed E-state index contributed by atoms with van der Waals surface area (Å²) in [4.78, 5) is 18.0. The van der Waals surface area contributed by atoms with Gasteiger partial charge in [0.2, 0.25) is 0 Å². The summed E-state index contributed by atoms with van der Waals surface area (Å²) in [5.41, 5.74) is 4.79. The Morgan fingerprint density at radius 3 is 2.71 bits per heavy atom. The van der Waals surface area contributed by atoms with Crippen molar-refractivity contribution in [3.05, 3.63) is 17.6 Å². The molecule has 2 atom stereocenters. The number of rotatable bonds is 5. The molecule has 17 heavy (non-hydrogen) atoms. The highest BCUT2D eigenvalue weighted by atomic mass is 35.5. The minimum atomic E-state index is -1.35. The van der Waals surface area contributed by atoms with Gasteiger partial charge in [-0.25, -0.2) is 14.8 Å². The first-order chi connectivity index (χ1) is 7.97. The molecule has 8 heteroatoms. The van der Waals surface area contributed by atoms with Crippen LogP contribution < -0.4 is 5.73 Å². The van der Waals surface area contributed by atoms with Gasteiger partial charge in [-0.05, 0) is 6.42 Å². The van der Waals surface area contributed by atoms with Crippen LogP contribution in [0, 0.1) is 0 Å². The van der Waals surface area contributed by atoms with Gasteiger partial charge in [0.05, 0.1) is 18.0 Å². The summed E-state index contributed by atoms with van der Waals surface area (Å²) in [6.45, 7) is 0. The summed E-state index contributed by atoms with van der Waals surface area (Å²) in [6, 6.07) is 0. The number of aromatic carboxylic acids is 1. The minimum Gasteiger partial charge on any atom is -0.476 e. The first-order valence-electron chi connectivity index (χ1n) is 4.75. The van der Waals surface area contributed by atoms with E-state index in [2.05, 4.69) is 9.97 Å². The average molecular weight is 262 g/mol. The largest absolute Gasteiger partial charge is 0.476 e. The maximum Gasteiger partial charge on any atom is 0.358 e. The highest BCUT2D eigenvalue weighted by Crippen LogP contribution is 2.18. The van der Waals surface area contributed by atoms with E-state index in [1.165, 1.54) is 0 Å². The number of nitrogens with zero attached hydrogens (tertiary/aromatic N) is 2. The van der Waals surface area contributed by atoms with Crippen molar-refractivity contribution in [1.82, 2.24) is 9.97 Å². The molecule has 1 aromatic rings. The van der Waals surface area contributed by atoms with Crippen molar-refractivity contribution in [3.63, 3.8) is 0 Å². The van der Waals surface area contributed by atoms with E-state index >= 15 is 0 Å². The van der Waals surface area contributed by atoms with E-state index in [0.29, 0.717) is 0 Å². The predicted octanol–water partition coefficient (Wildman–Crippen LogP) is -0.220. The second-order valence-electron chi connectivity index (χ2n) is 3.32. The van der Waals surface area contributed by atoms with E-state index in [4.69, 9.17) is 22.4 Å². The normalized spacial score (nSPS) is 14.3. The summed E-state index contributed by atoms with van der Waals surface area (Å²) in [5, 5.41) is 27.9. The Bertz CT molecular complexity index is 415. The Labute approximate surface area is 102 Å². The van der Waals surface area contributed by atoms with Gasteiger partial charge in [-0.15, -0.1) is 11.6 Å².